The van der Waals surface area contributed by atoms with Crippen LogP contribution < -0.4 is 10.1 Å². The Hall–Kier alpha value is -3.35. The van der Waals surface area contributed by atoms with Gasteiger partial charge in [-0.1, -0.05) is 24.2 Å². The molecule has 2 aromatic carbocycles. The van der Waals surface area contributed by atoms with E-state index in [1.165, 1.54) is 5.56 Å². The molecule has 29 heavy (non-hydrogen) atoms. The Morgan fingerprint density at radius 3 is 2.86 bits per heavy atom. The van der Waals surface area contributed by atoms with Crippen LogP contribution in [0.15, 0.2) is 53.1 Å². The van der Waals surface area contributed by atoms with Gasteiger partial charge in [-0.05, 0) is 61.2 Å². The lowest BCUT2D eigenvalue weighted by molar-refractivity contribution is 0.193. The number of carbonyl (C=O) groups excluding carboxylic acids is 1. The number of nitrogens with zero attached hydrogens (tertiary/aromatic N) is 3. The summed E-state index contributed by atoms with van der Waals surface area (Å²) in [5, 5.41) is 7.09. The average Bonchev–Trinajstić information content (AvgIpc) is 3.43. The van der Waals surface area contributed by atoms with Gasteiger partial charge in [-0.15, -0.1) is 0 Å². The summed E-state index contributed by atoms with van der Waals surface area (Å²) in [5.74, 6) is 1.74. The van der Waals surface area contributed by atoms with E-state index in [1.54, 1.807) is 12.0 Å². The number of amides is 2. The summed E-state index contributed by atoms with van der Waals surface area (Å²) < 4.78 is 10.7. The topological polar surface area (TPSA) is 80.5 Å². The minimum atomic E-state index is -0.219. The maximum Gasteiger partial charge on any atom is 0.322 e. The molecule has 7 nitrogen and oxygen atoms in total. The molecule has 0 aliphatic carbocycles. The third-order valence-electron chi connectivity index (χ3n) is 5.18. The van der Waals surface area contributed by atoms with Crippen LogP contribution in [0.5, 0.6) is 5.75 Å². The van der Waals surface area contributed by atoms with Crippen LogP contribution in [0, 0.1) is 0 Å². The van der Waals surface area contributed by atoms with E-state index in [2.05, 4.69) is 22.4 Å². The average molecular weight is 392 g/mol. The van der Waals surface area contributed by atoms with E-state index in [9.17, 15) is 4.79 Å². The zero-order valence-corrected chi connectivity index (χ0v) is 16.6. The van der Waals surface area contributed by atoms with Gasteiger partial charge in [0.05, 0.1) is 7.11 Å². The van der Waals surface area contributed by atoms with Crippen molar-refractivity contribution in [3.63, 3.8) is 0 Å². The van der Waals surface area contributed by atoms with Crippen LogP contribution in [-0.2, 0) is 6.42 Å². The number of anilines is 1. The smallest absolute Gasteiger partial charge is 0.322 e. The number of benzene rings is 2. The summed E-state index contributed by atoms with van der Waals surface area (Å²) in [6.45, 7) is 2.75. The van der Waals surface area contributed by atoms with Crippen LogP contribution in [0.25, 0.3) is 11.4 Å². The molecule has 0 radical (unpaired) electrons. The molecule has 1 atom stereocenters. The summed E-state index contributed by atoms with van der Waals surface area (Å²) in [6, 6.07) is 15.0. The van der Waals surface area contributed by atoms with Gasteiger partial charge in [-0.25, -0.2) is 4.79 Å². The van der Waals surface area contributed by atoms with Gasteiger partial charge in [0, 0.05) is 17.8 Å². The first-order valence-corrected chi connectivity index (χ1v) is 9.82. The predicted octanol–water partition coefficient (Wildman–Crippen LogP) is 4.68. The largest absolute Gasteiger partial charge is 0.497 e. The van der Waals surface area contributed by atoms with E-state index in [0.717, 1.165) is 36.3 Å². The number of ether oxygens (including phenoxy) is 1. The summed E-state index contributed by atoms with van der Waals surface area (Å²) in [4.78, 5) is 19.2. The quantitative estimate of drug-likeness (QED) is 0.682. The number of nitrogens with one attached hydrogen (secondary N) is 1. The number of aromatic nitrogens is 2. The Balaban J connectivity index is 1.49. The number of urea groups is 1. The molecule has 1 N–H and O–H groups in total. The molecule has 0 saturated carbocycles. The highest BCUT2D eigenvalue weighted by Gasteiger charge is 2.34. The van der Waals surface area contributed by atoms with Gasteiger partial charge in [0.2, 0.25) is 11.7 Å². The summed E-state index contributed by atoms with van der Waals surface area (Å²) in [5.41, 5.74) is 2.82. The second kappa shape index (κ2) is 8.34. The summed E-state index contributed by atoms with van der Waals surface area (Å²) >= 11 is 0. The fourth-order valence-electron chi connectivity index (χ4n) is 3.56. The SMILES string of the molecule is CCc1cccc(NC(=O)N2CCC[C@H]2c2nc(-c3ccc(OC)cc3)no2)c1. The highest BCUT2D eigenvalue weighted by Crippen LogP contribution is 2.32. The van der Waals surface area contributed by atoms with E-state index in [1.807, 2.05) is 48.5 Å². The Morgan fingerprint density at radius 2 is 2.10 bits per heavy atom. The number of aryl methyl sites for hydroxylation is 1. The highest BCUT2D eigenvalue weighted by molar-refractivity contribution is 5.89. The van der Waals surface area contributed by atoms with Crippen LogP contribution in [0.4, 0.5) is 10.5 Å². The number of carbonyl (C=O) groups is 1. The molecule has 0 unspecified atom stereocenters. The molecule has 2 amide bonds. The molecular formula is C22H24N4O3. The minimum absolute atomic E-state index is 0.148. The van der Waals surface area contributed by atoms with Crippen LogP contribution in [-0.4, -0.2) is 34.7 Å². The van der Waals surface area contributed by atoms with Crippen molar-refractivity contribution in [3.8, 4) is 17.1 Å². The molecule has 1 aromatic heterocycles. The van der Waals surface area contributed by atoms with Crippen LogP contribution in [0.2, 0.25) is 0 Å². The van der Waals surface area contributed by atoms with Crippen molar-refractivity contribution in [1.82, 2.24) is 15.0 Å². The maximum atomic E-state index is 12.9. The van der Waals surface area contributed by atoms with E-state index in [-0.39, 0.29) is 12.1 Å². The molecule has 2 heterocycles. The van der Waals surface area contributed by atoms with Crippen LogP contribution in [0.1, 0.15) is 37.3 Å². The van der Waals surface area contributed by atoms with Gasteiger partial charge in [0.25, 0.3) is 0 Å². The number of likely N-dealkylation sites (tertiary alicyclic amines) is 1. The van der Waals surface area contributed by atoms with E-state index >= 15 is 0 Å². The summed E-state index contributed by atoms with van der Waals surface area (Å²) in [6.07, 6.45) is 2.62. The molecule has 3 aromatic rings. The normalized spacial score (nSPS) is 16.1. The lowest BCUT2D eigenvalue weighted by Gasteiger charge is -2.22. The standard InChI is InChI=1S/C22H24N4O3/c1-3-15-6-4-7-17(14-15)23-22(27)26-13-5-8-19(26)21-24-20(25-29-21)16-9-11-18(28-2)12-10-16/h4,6-7,9-12,14,19H,3,5,8,13H2,1-2H3,(H,23,27)/t19-/m0/s1. The number of methoxy groups -OCH3 is 1. The predicted molar refractivity (Wildman–Crippen MR) is 110 cm³/mol. The fourth-order valence-corrected chi connectivity index (χ4v) is 3.56. The Kier molecular flexibility index (Phi) is 5.46. The first kappa shape index (κ1) is 19.0. The van der Waals surface area contributed by atoms with Gasteiger partial charge in [0.1, 0.15) is 11.8 Å². The van der Waals surface area contributed by atoms with E-state index < -0.39 is 0 Å². The van der Waals surface area contributed by atoms with Gasteiger partial charge in [-0.2, -0.15) is 4.98 Å². The minimum Gasteiger partial charge on any atom is -0.497 e. The summed E-state index contributed by atoms with van der Waals surface area (Å²) in [7, 11) is 1.62. The molecule has 1 aliphatic rings. The van der Waals surface area contributed by atoms with Crippen molar-refractivity contribution in [2.45, 2.75) is 32.2 Å². The molecule has 0 spiro atoms. The van der Waals surface area contributed by atoms with Gasteiger partial charge in [0.15, 0.2) is 0 Å². The van der Waals surface area contributed by atoms with Gasteiger partial charge in [-0.3, -0.25) is 0 Å². The Morgan fingerprint density at radius 1 is 1.28 bits per heavy atom. The van der Waals surface area contributed by atoms with Crippen molar-refractivity contribution < 1.29 is 14.1 Å². The van der Waals surface area contributed by atoms with Gasteiger partial charge >= 0.3 is 6.03 Å². The first-order valence-electron chi connectivity index (χ1n) is 9.82. The number of hydrogen-bond donors (Lipinski definition) is 1. The molecule has 1 fully saturated rings. The molecule has 1 saturated heterocycles. The number of hydrogen-bond acceptors (Lipinski definition) is 5. The lowest BCUT2D eigenvalue weighted by atomic mass is 10.1. The first-order chi connectivity index (χ1) is 14.2. The molecule has 150 valence electrons. The molecule has 7 heteroatoms. The number of rotatable bonds is 5. The molecule has 1 aliphatic heterocycles. The van der Waals surface area contributed by atoms with Crippen LogP contribution in [0.3, 0.4) is 0 Å². The highest BCUT2D eigenvalue weighted by atomic mass is 16.5. The fraction of sp³-hybridized carbons (Fsp3) is 0.318. The Bertz CT molecular complexity index is 984. The van der Waals surface area contributed by atoms with Crippen LogP contribution >= 0.6 is 0 Å². The second-order valence-electron chi connectivity index (χ2n) is 7.02. The van der Waals surface area contributed by atoms with Crippen molar-refractivity contribution >= 4 is 11.7 Å². The second-order valence-corrected chi connectivity index (χ2v) is 7.02. The molecule has 4 rings (SSSR count). The third kappa shape index (κ3) is 4.08. The van der Waals surface area contributed by atoms with Crippen molar-refractivity contribution in [2.75, 3.05) is 19.0 Å². The molecular weight excluding hydrogens is 368 g/mol. The van der Waals surface area contributed by atoms with E-state index in [0.29, 0.717) is 18.3 Å². The Labute approximate surface area is 169 Å². The maximum absolute atomic E-state index is 12.9. The van der Waals surface area contributed by atoms with Crippen molar-refractivity contribution in [1.29, 1.82) is 0 Å². The van der Waals surface area contributed by atoms with Crippen molar-refractivity contribution in [3.05, 3.63) is 60.0 Å². The zero-order chi connectivity index (χ0) is 20.2. The van der Waals surface area contributed by atoms with Crippen molar-refractivity contribution in [2.24, 2.45) is 0 Å². The third-order valence-corrected chi connectivity index (χ3v) is 5.18. The van der Waals surface area contributed by atoms with Gasteiger partial charge < -0.3 is 19.5 Å². The van der Waals surface area contributed by atoms with E-state index in [4.69, 9.17) is 9.26 Å². The monoisotopic (exact) mass is 392 g/mol. The zero-order valence-electron chi connectivity index (χ0n) is 16.6. The molecule has 0 bridgehead atoms. The lowest BCUT2D eigenvalue weighted by Crippen LogP contribution is -2.34.